The van der Waals surface area contributed by atoms with Gasteiger partial charge in [0.2, 0.25) is 0 Å². The van der Waals surface area contributed by atoms with Crippen molar-refractivity contribution in [2.45, 2.75) is 20.0 Å². The maximum absolute atomic E-state index is 10.4. The molecule has 0 aliphatic heterocycles. The largest absolute Gasteiger partial charge is 0.384 e. The maximum Gasteiger partial charge on any atom is 0.106 e. The van der Waals surface area contributed by atoms with Crippen LogP contribution in [-0.2, 0) is 0 Å². The molecule has 90 valence electrons. The minimum absolute atomic E-state index is 0.577. The van der Waals surface area contributed by atoms with Crippen LogP contribution < -0.4 is 0 Å². The van der Waals surface area contributed by atoms with Gasteiger partial charge in [-0.25, -0.2) is 0 Å². The highest BCUT2D eigenvalue weighted by atomic mass is 79.9. The van der Waals surface area contributed by atoms with Crippen molar-refractivity contribution in [2.75, 3.05) is 0 Å². The summed E-state index contributed by atoms with van der Waals surface area (Å²) in [6, 6.07) is 7.98. The second-order valence-electron chi connectivity index (χ2n) is 3.97. The third-order valence-electron chi connectivity index (χ3n) is 2.92. The average molecular weight is 376 g/mol. The number of thiophene rings is 1. The van der Waals surface area contributed by atoms with Gasteiger partial charge in [-0.1, -0.05) is 18.2 Å². The summed E-state index contributed by atoms with van der Waals surface area (Å²) in [4.78, 5) is 0. The van der Waals surface area contributed by atoms with E-state index in [-0.39, 0.29) is 0 Å². The fraction of sp³-hybridized carbons (Fsp3) is 0.231. The molecule has 1 aromatic heterocycles. The van der Waals surface area contributed by atoms with Crippen LogP contribution in [-0.4, -0.2) is 5.11 Å². The van der Waals surface area contributed by atoms with Gasteiger partial charge in [0, 0.05) is 5.56 Å². The van der Waals surface area contributed by atoms with E-state index in [1.54, 1.807) is 11.3 Å². The van der Waals surface area contributed by atoms with Crippen molar-refractivity contribution in [1.29, 1.82) is 0 Å². The van der Waals surface area contributed by atoms with Crippen LogP contribution in [0.2, 0.25) is 0 Å². The Morgan fingerprint density at radius 3 is 2.47 bits per heavy atom. The summed E-state index contributed by atoms with van der Waals surface area (Å²) in [5.74, 6) is 0. The first-order chi connectivity index (χ1) is 8.00. The first kappa shape index (κ1) is 13.3. The lowest BCUT2D eigenvalue weighted by Gasteiger charge is -2.14. The second-order valence-corrected chi connectivity index (χ2v) is 7.72. The van der Waals surface area contributed by atoms with E-state index in [1.807, 2.05) is 25.1 Å². The van der Waals surface area contributed by atoms with Crippen molar-refractivity contribution in [2.24, 2.45) is 0 Å². The molecule has 0 aliphatic rings. The van der Waals surface area contributed by atoms with E-state index in [1.165, 1.54) is 5.56 Å². The minimum atomic E-state index is -0.577. The molecule has 0 aliphatic carbocycles. The van der Waals surface area contributed by atoms with E-state index in [0.717, 1.165) is 24.3 Å². The highest BCUT2D eigenvalue weighted by Gasteiger charge is 2.18. The minimum Gasteiger partial charge on any atom is -0.384 e. The topological polar surface area (TPSA) is 20.2 Å². The average Bonchev–Trinajstić information content (AvgIpc) is 2.61. The monoisotopic (exact) mass is 374 g/mol. The first-order valence-corrected chi connectivity index (χ1v) is 7.60. The van der Waals surface area contributed by atoms with Crippen molar-refractivity contribution < 1.29 is 5.11 Å². The summed E-state index contributed by atoms with van der Waals surface area (Å²) in [5.41, 5.74) is 4.23. The van der Waals surface area contributed by atoms with Crippen molar-refractivity contribution in [1.82, 2.24) is 0 Å². The Balaban J connectivity index is 2.47. The Morgan fingerprint density at radius 1 is 1.18 bits per heavy atom. The smallest absolute Gasteiger partial charge is 0.106 e. The van der Waals surface area contributed by atoms with E-state index in [9.17, 15) is 5.11 Å². The molecule has 0 radical (unpaired) electrons. The van der Waals surface area contributed by atoms with Gasteiger partial charge < -0.3 is 5.11 Å². The standard InChI is InChI=1S/C13H12Br2OS/c1-7-4-3-5-9(8(7)2)12(16)10-6-11(14)17-13(10)15/h3-6,12,16H,1-2H3. The number of benzene rings is 1. The molecule has 2 aromatic rings. The van der Waals surface area contributed by atoms with Crippen LogP contribution in [0.25, 0.3) is 0 Å². The molecule has 0 bridgehead atoms. The zero-order valence-corrected chi connectivity index (χ0v) is 13.5. The van der Waals surface area contributed by atoms with Gasteiger partial charge in [0.1, 0.15) is 6.10 Å². The molecule has 1 atom stereocenters. The van der Waals surface area contributed by atoms with Gasteiger partial charge in [-0.05, 0) is 68.5 Å². The van der Waals surface area contributed by atoms with Gasteiger partial charge >= 0.3 is 0 Å². The summed E-state index contributed by atoms with van der Waals surface area (Å²) in [5, 5.41) is 10.4. The number of aliphatic hydroxyl groups is 1. The normalized spacial score (nSPS) is 12.8. The number of hydrogen-bond donors (Lipinski definition) is 1. The Bertz CT molecular complexity index is 548. The molecule has 0 fully saturated rings. The zero-order valence-electron chi connectivity index (χ0n) is 9.50. The Hall–Kier alpha value is -0.160. The lowest BCUT2D eigenvalue weighted by atomic mass is 9.96. The van der Waals surface area contributed by atoms with Crippen LogP contribution in [0.5, 0.6) is 0 Å². The molecule has 1 N–H and O–H groups in total. The summed E-state index contributed by atoms with van der Waals surface area (Å²) in [6.45, 7) is 4.10. The van der Waals surface area contributed by atoms with E-state index in [2.05, 4.69) is 44.8 Å². The molecule has 1 unspecified atom stereocenters. The van der Waals surface area contributed by atoms with Crippen molar-refractivity contribution in [3.8, 4) is 0 Å². The maximum atomic E-state index is 10.4. The molecule has 4 heteroatoms. The number of rotatable bonds is 2. The van der Waals surface area contributed by atoms with Gasteiger partial charge in [-0.2, -0.15) is 0 Å². The van der Waals surface area contributed by atoms with Gasteiger partial charge in [0.25, 0.3) is 0 Å². The third kappa shape index (κ3) is 2.65. The molecule has 1 nitrogen and oxygen atoms in total. The predicted molar refractivity (Wildman–Crippen MR) is 79.7 cm³/mol. The summed E-state index contributed by atoms with van der Waals surface area (Å²) in [6.07, 6.45) is -0.577. The van der Waals surface area contributed by atoms with Crippen LogP contribution >= 0.6 is 43.2 Å². The van der Waals surface area contributed by atoms with Gasteiger partial charge in [0.15, 0.2) is 0 Å². The highest BCUT2D eigenvalue weighted by Crippen LogP contribution is 2.38. The third-order valence-corrected chi connectivity index (χ3v) is 5.30. The fourth-order valence-electron chi connectivity index (χ4n) is 1.78. The van der Waals surface area contributed by atoms with Crippen LogP contribution in [0.1, 0.15) is 28.4 Å². The lowest BCUT2D eigenvalue weighted by Crippen LogP contribution is -2.02. The van der Waals surface area contributed by atoms with Crippen LogP contribution in [0.15, 0.2) is 31.8 Å². The highest BCUT2D eigenvalue weighted by molar-refractivity contribution is 9.12. The molecule has 0 saturated carbocycles. The molecule has 0 spiro atoms. The number of aryl methyl sites for hydroxylation is 1. The Morgan fingerprint density at radius 2 is 1.88 bits per heavy atom. The summed E-state index contributed by atoms with van der Waals surface area (Å²) in [7, 11) is 0. The van der Waals surface area contributed by atoms with Gasteiger partial charge in [-0.3, -0.25) is 0 Å². The Labute approximate surface area is 122 Å². The van der Waals surface area contributed by atoms with E-state index in [0.29, 0.717) is 0 Å². The van der Waals surface area contributed by atoms with Gasteiger partial charge in [0.05, 0.1) is 7.57 Å². The number of halogens is 2. The van der Waals surface area contributed by atoms with Gasteiger partial charge in [-0.15, -0.1) is 11.3 Å². The molecule has 1 aromatic carbocycles. The van der Waals surface area contributed by atoms with Crippen molar-refractivity contribution >= 4 is 43.2 Å². The molecular formula is C13H12Br2OS. The molecular weight excluding hydrogens is 364 g/mol. The SMILES string of the molecule is Cc1cccc(C(O)c2cc(Br)sc2Br)c1C. The molecule has 17 heavy (non-hydrogen) atoms. The molecule has 2 rings (SSSR count). The molecule has 0 saturated heterocycles. The van der Waals surface area contributed by atoms with Crippen molar-refractivity contribution in [3.63, 3.8) is 0 Å². The van der Waals surface area contributed by atoms with Crippen molar-refractivity contribution in [3.05, 3.63) is 54.1 Å². The first-order valence-electron chi connectivity index (χ1n) is 5.19. The lowest BCUT2D eigenvalue weighted by molar-refractivity contribution is 0.219. The van der Waals surface area contributed by atoms with E-state index in [4.69, 9.17) is 0 Å². The van der Waals surface area contributed by atoms with Crippen LogP contribution in [0.4, 0.5) is 0 Å². The Kier molecular flexibility index (Phi) is 4.08. The second kappa shape index (κ2) is 5.22. The molecule has 0 amide bonds. The predicted octanol–water partition coefficient (Wildman–Crippen LogP) is 4.97. The number of hydrogen-bond acceptors (Lipinski definition) is 2. The van der Waals surface area contributed by atoms with Crippen LogP contribution in [0, 0.1) is 13.8 Å². The van der Waals surface area contributed by atoms with Crippen LogP contribution in [0.3, 0.4) is 0 Å². The van der Waals surface area contributed by atoms with E-state index >= 15 is 0 Å². The summed E-state index contributed by atoms with van der Waals surface area (Å²) < 4.78 is 1.99. The zero-order chi connectivity index (χ0) is 12.6. The van der Waals surface area contributed by atoms with E-state index < -0.39 is 6.10 Å². The number of aliphatic hydroxyl groups excluding tert-OH is 1. The fourth-order valence-corrected chi connectivity index (χ4v) is 4.66. The molecule has 1 heterocycles. The quantitative estimate of drug-likeness (QED) is 0.785. The summed E-state index contributed by atoms with van der Waals surface area (Å²) >= 11 is 8.50.